The number of aryl methyl sites for hydroxylation is 1. The molecule has 0 N–H and O–H groups in total. The summed E-state index contributed by atoms with van der Waals surface area (Å²) in [5.74, 6) is 4.61. The third-order valence-electron chi connectivity index (χ3n) is 7.50. The highest BCUT2D eigenvalue weighted by molar-refractivity contribution is 5.17. The van der Waals surface area contributed by atoms with Crippen LogP contribution in [0, 0.1) is 23.7 Å². The average molecular weight is 342 g/mol. The van der Waals surface area contributed by atoms with Gasteiger partial charge in [-0.05, 0) is 80.2 Å². The lowest BCUT2D eigenvalue weighted by Crippen LogP contribution is -2.27. The number of hydrogen-bond acceptors (Lipinski definition) is 1. The topological polar surface area (TPSA) is 12.9 Å². The second-order valence-corrected chi connectivity index (χ2v) is 8.98. The minimum atomic E-state index is 0.632. The summed E-state index contributed by atoms with van der Waals surface area (Å²) in [6.45, 7) is 6.96. The second kappa shape index (κ2) is 9.19. The maximum Gasteiger partial charge on any atom is 0.0434 e. The number of aromatic nitrogens is 1. The minimum absolute atomic E-state index is 0.632. The van der Waals surface area contributed by atoms with Gasteiger partial charge >= 0.3 is 0 Å². The molecule has 1 atom stereocenters. The Kier molecular flexibility index (Phi) is 6.96. The molecule has 0 aromatic carbocycles. The summed E-state index contributed by atoms with van der Waals surface area (Å²) in [5.41, 5.74) is 2.68. The van der Waals surface area contributed by atoms with Crippen LogP contribution >= 0.6 is 0 Å². The molecule has 0 saturated heterocycles. The summed E-state index contributed by atoms with van der Waals surface area (Å²) in [6, 6.07) is 4.56. The van der Waals surface area contributed by atoms with Crippen molar-refractivity contribution in [1.29, 1.82) is 0 Å². The SMILES string of the molecule is CCCC1CCC(C2CCC(C(C)c3ccc(CC)cn3)CC2)CC1. The van der Waals surface area contributed by atoms with E-state index in [4.69, 9.17) is 4.98 Å². The van der Waals surface area contributed by atoms with E-state index < -0.39 is 0 Å². The lowest BCUT2D eigenvalue weighted by atomic mass is 9.67. The van der Waals surface area contributed by atoms with Crippen LogP contribution in [0.15, 0.2) is 18.3 Å². The van der Waals surface area contributed by atoms with Crippen LogP contribution in [0.2, 0.25) is 0 Å². The minimum Gasteiger partial charge on any atom is -0.261 e. The van der Waals surface area contributed by atoms with Gasteiger partial charge in [-0.1, -0.05) is 52.5 Å². The van der Waals surface area contributed by atoms with E-state index in [2.05, 4.69) is 39.1 Å². The molecule has 140 valence electrons. The Morgan fingerprint density at radius 1 is 0.920 bits per heavy atom. The van der Waals surface area contributed by atoms with Crippen molar-refractivity contribution in [2.24, 2.45) is 23.7 Å². The molecule has 0 bridgehead atoms. The molecule has 1 aromatic rings. The third kappa shape index (κ3) is 4.86. The van der Waals surface area contributed by atoms with Crippen LogP contribution in [-0.2, 0) is 6.42 Å². The van der Waals surface area contributed by atoms with E-state index in [0.29, 0.717) is 5.92 Å². The maximum atomic E-state index is 4.76. The van der Waals surface area contributed by atoms with Gasteiger partial charge in [0.2, 0.25) is 0 Å². The zero-order chi connectivity index (χ0) is 17.6. The van der Waals surface area contributed by atoms with Crippen LogP contribution in [0.25, 0.3) is 0 Å². The molecule has 1 heteroatoms. The number of hydrogen-bond donors (Lipinski definition) is 0. The van der Waals surface area contributed by atoms with E-state index in [0.717, 1.165) is 30.1 Å². The molecule has 2 aliphatic rings. The van der Waals surface area contributed by atoms with Crippen LogP contribution < -0.4 is 0 Å². The third-order valence-corrected chi connectivity index (χ3v) is 7.50. The van der Waals surface area contributed by atoms with Gasteiger partial charge in [0.1, 0.15) is 0 Å². The van der Waals surface area contributed by atoms with Crippen molar-refractivity contribution >= 4 is 0 Å². The van der Waals surface area contributed by atoms with Crippen molar-refractivity contribution in [3.8, 4) is 0 Å². The predicted octanol–water partition coefficient (Wildman–Crippen LogP) is 7.16. The lowest BCUT2D eigenvalue weighted by molar-refractivity contribution is 0.136. The molecule has 3 rings (SSSR count). The first-order valence-electron chi connectivity index (χ1n) is 11.2. The second-order valence-electron chi connectivity index (χ2n) is 8.98. The summed E-state index contributed by atoms with van der Waals surface area (Å²) in [4.78, 5) is 4.76. The molecule has 1 unspecified atom stereocenters. The Morgan fingerprint density at radius 3 is 2.08 bits per heavy atom. The predicted molar refractivity (Wildman–Crippen MR) is 108 cm³/mol. The Hall–Kier alpha value is -0.850. The van der Waals surface area contributed by atoms with E-state index in [9.17, 15) is 0 Å². The molecule has 2 aliphatic carbocycles. The molecule has 0 radical (unpaired) electrons. The summed E-state index contributed by atoms with van der Waals surface area (Å²) in [6.07, 6.45) is 17.9. The van der Waals surface area contributed by atoms with E-state index >= 15 is 0 Å². The molecule has 0 aliphatic heterocycles. The van der Waals surface area contributed by atoms with Crippen molar-refractivity contribution in [1.82, 2.24) is 4.98 Å². The Labute approximate surface area is 156 Å². The zero-order valence-corrected chi connectivity index (χ0v) is 16.8. The summed E-state index contributed by atoms with van der Waals surface area (Å²) in [7, 11) is 0. The van der Waals surface area contributed by atoms with Crippen molar-refractivity contribution in [2.75, 3.05) is 0 Å². The smallest absolute Gasteiger partial charge is 0.0434 e. The van der Waals surface area contributed by atoms with E-state index in [1.54, 1.807) is 0 Å². The van der Waals surface area contributed by atoms with E-state index in [-0.39, 0.29) is 0 Å². The van der Waals surface area contributed by atoms with Gasteiger partial charge in [0.25, 0.3) is 0 Å². The number of rotatable bonds is 6. The summed E-state index contributed by atoms with van der Waals surface area (Å²) in [5, 5.41) is 0. The van der Waals surface area contributed by atoms with Crippen molar-refractivity contribution in [2.45, 2.75) is 97.3 Å². The van der Waals surface area contributed by atoms with Crippen LogP contribution in [0.3, 0.4) is 0 Å². The first-order chi connectivity index (χ1) is 12.2. The van der Waals surface area contributed by atoms with Crippen LogP contribution in [0.1, 0.15) is 102 Å². The Balaban J connectivity index is 1.46. The molecular formula is C24H39N. The standard InChI is InChI=1S/C24H39N/c1-4-6-20-7-10-22(11-8-20)23-14-12-21(13-15-23)18(3)24-16-9-19(5-2)17-25-24/h9,16-18,20-23H,4-8,10-15H2,1-3H3. The first-order valence-corrected chi connectivity index (χ1v) is 11.2. The molecule has 1 heterocycles. The Bertz CT molecular complexity index is 489. The van der Waals surface area contributed by atoms with Crippen molar-refractivity contribution < 1.29 is 0 Å². The number of pyridine rings is 1. The first kappa shape index (κ1) is 18.9. The molecule has 25 heavy (non-hydrogen) atoms. The highest BCUT2D eigenvalue weighted by Crippen LogP contribution is 2.44. The fraction of sp³-hybridized carbons (Fsp3) is 0.792. The molecule has 2 saturated carbocycles. The fourth-order valence-corrected chi connectivity index (χ4v) is 5.63. The molecule has 0 amide bonds. The summed E-state index contributed by atoms with van der Waals surface area (Å²) >= 11 is 0. The van der Waals surface area contributed by atoms with Crippen LogP contribution in [0.5, 0.6) is 0 Å². The van der Waals surface area contributed by atoms with Crippen molar-refractivity contribution in [3.63, 3.8) is 0 Å². The van der Waals surface area contributed by atoms with Gasteiger partial charge in [-0.2, -0.15) is 0 Å². The van der Waals surface area contributed by atoms with Crippen LogP contribution in [0.4, 0.5) is 0 Å². The molecular weight excluding hydrogens is 302 g/mol. The van der Waals surface area contributed by atoms with Gasteiger partial charge in [0.05, 0.1) is 0 Å². The Morgan fingerprint density at radius 2 is 1.56 bits per heavy atom. The number of nitrogens with zero attached hydrogens (tertiary/aromatic N) is 1. The molecule has 1 aromatic heterocycles. The highest BCUT2D eigenvalue weighted by Gasteiger charge is 2.32. The molecule has 1 nitrogen and oxygen atoms in total. The highest BCUT2D eigenvalue weighted by atomic mass is 14.7. The quantitative estimate of drug-likeness (QED) is 0.535. The van der Waals surface area contributed by atoms with Gasteiger partial charge in [0.15, 0.2) is 0 Å². The zero-order valence-electron chi connectivity index (χ0n) is 16.8. The van der Waals surface area contributed by atoms with Gasteiger partial charge in [-0.3, -0.25) is 4.98 Å². The van der Waals surface area contributed by atoms with Gasteiger partial charge in [0, 0.05) is 17.8 Å². The maximum absolute atomic E-state index is 4.76. The average Bonchev–Trinajstić information content (AvgIpc) is 2.68. The van der Waals surface area contributed by atoms with E-state index in [1.165, 1.54) is 75.5 Å². The largest absolute Gasteiger partial charge is 0.261 e. The lowest BCUT2D eigenvalue weighted by Gasteiger charge is -2.39. The summed E-state index contributed by atoms with van der Waals surface area (Å²) < 4.78 is 0. The monoisotopic (exact) mass is 341 g/mol. The molecule has 0 spiro atoms. The van der Waals surface area contributed by atoms with E-state index in [1.807, 2.05) is 0 Å². The van der Waals surface area contributed by atoms with Gasteiger partial charge in [-0.15, -0.1) is 0 Å². The van der Waals surface area contributed by atoms with Gasteiger partial charge in [-0.25, -0.2) is 0 Å². The van der Waals surface area contributed by atoms with Gasteiger partial charge < -0.3 is 0 Å². The molecule has 2 fully saturated rings. The van der Waals surface area contributed by atoms with Crippen molar-refractivity contribution in [3.05, 3.63) is 29.6 Å². The normalized spacial score (nSPS) is 31.6. The van der Waals surface area contributed by atoms with Crippen LogP contribution in [-0.4, -0.2) is 4.98 Å². The fourth-order valence-electron chi connectivity index (χ4n) is 5.63.